The van der Waals surface area contributed by atoms with E-state index >= 15 is 0 Å². The van der Waals surface area contributed by atoms with Crippen LogP contribution >= 0.6 is 0 Å². The fourth-order valence-electron chi connectivity index (χ4n) is 10.7. The molecule has 1 aliphatic heterocycles. The van der Waals surface area contributed by atoms with Gasteiger partial charge in [-0.3, -0.25) is 4.79 Å². The van der Waals surface area contributed by atoms with Crippen LogP contribution in [0.25, 0.3) is 0 Å². The Kier molecular flexibility index (Phi) is 62.5. The second-order valence-electron chi connectivity index (χ2n) is 24.6. The van der Waals surface area contributed by atoms with Crippen LogP contribution in [0.4, 0.5) is 0 Å². The Labute approximate surface area is 546 Å². The molecular formula is C80H135NO8. The van der Waals surface area contributed by atoms with E-state index in [-0.39, 0.29) is 12.5 Å². The van der Waals surface area contributed by atoms with Crippen molar-refractivity contribution in [3.8, 4) is 0 Å². The average molecular weight is 1240 g/mol. The fraction of sp³-hybridized carbons (Fsp3) is 0.688. The number of carbonyl (C=O) groups is 1. The zero-order valence-corrected chi connectivity index (χ0v) is 56.9. The summed E-state index contributed by atoms with van der Waals surface area (Å²) in [6, 6.07) is -0.844. The monoisotopic (exact) mass is 1240 g/mol. The van der Waals surface area contributed by atoms with Crippen LogP contribution in [0.15, 0.2) is 146 Å². The summed E-state index contributed by atoms with van der Waals surface area (Å²) in [6.07, 6.45) is 96.7. The van der Waals surface area contributed by atoms with Gasteiger partial charge in [0.05, 0.1) is 25.4 Å². The molecular weight excluding hydrogens is 1100 g/mol. The standard InChI is InChI=1S/C80H135NO8/c1-3-5-7-9-11-13-15-17-19-21-23-25-27-29-31-33-34-35-36-37-38-39-40-42-44-46-48-50-52-54-56-58-60-62-64-66-68-70-76(84)81-73(72-88-80-79(87)78(86)77(85)75(71-82)89-80)74(83)69-67-65-63-61-59-57-55-53-51-49-47-45-43-41-32-30-28-26-24-22-20-18-16-14-12-10-8-6-4-2/h5,7,11,13,17,19,23,25,29,31,34-35,37-38,40,42,46,48,51,53,59,61,67,69,73-75,77-80,82-83,85-87H,3-4,6,8-10,12,14-16,18,20-22,24,26-28,30,32-33,36,39,41,43-45,47,49-50,52,54-58,60,62-66,68,70-72H2,1-2H3,(H,81,84)/b7-5-,13-11-,19-17-,25-23-,31-29-,35-34-,38-37-,42-40-,48-46-,53-51+,61-59+,69-67+. The van der Waals surface area contributed by atoms with Crippen molar-refractivity contribution < 1.29 is 39.8 Å². The first-order valence-corrected chi connectivity index (χ1v) is 36.6. The number of amides is 1. The van der Waals surface area contributed by atoms with Gasteiger partial charge in [-0.2, -0.15) is 0 Å². The third-order valence-electron chi connectivity index (χ3n) is 16.4. The summed E-state index contributed by atoms with van der Waals surface area (Å²) in [5, 5.41) is 54.8. The zero-order valence-electron chi connectivity index (χ0n) is 56.9. The van der Waals surface area contributed by atoms with Gasteiger partial charge in [0, 0.05) is 6.42 Å². The SMILES string of the molecule is CC/C=C\C/C=C\C/C=C\C/C=C\C/C=C\C/C=C\C/C=C\C/C=C\C/C=C\CCCCCCCCCCCC(=O)NC(COC1OC(CO)C(O)C(O)C1O)C(O)/C=C/CC/C=C/CC/C=C/CCCCCCCCCCCCCCCCCCCCC. The third kappa shape index (κ3) is 55.4. The van der Waals surface area contributed by atoms with Crippen LogP contribution in [0.2, 0.25) is 0 Å². The van der Waals surface area contributed by atoms with Crippen LogP contribution in [-0.2, 0) is 14.3 Å². The molecule has 0 aromatic rings. The molecule has 1 heterocycles. The molecule has 1 saturated heterocycles. The fourth-order valence-corrected chi connectivity index (χ4v) is 10.7. The Morgan fingerprint density at radius 1 is 0.393 bits per heavy atom. The van der Waals surface area contributed by atoms with E-state index in [2.05, 4.69) is 153 Å². The molecule has 1 aliphatic rings. The van der Waals surface area contributed by atoms with Gasteiger partial charge in [-0.15, -0.1) is 0 Å². The molecule has 7 atom stereocenters. The van der Waals surface area contributed by atoms with E-state index in [1.807, 2.05) is 6.08 Å². The Morgan fingerprint density at radius 3 is 1.08 bits per heavy atom. The molecule has 1 amide bonds. The van der Waals surface area contributed by atoms with Gasteiger partial charge in [0.1, 0.15) is 24.4 Å². The van der Waals surface area contributed by atoms with Gasteiger partial charge in [0.25, 0.3) is 0 Å². The van der Waals surface area contributed by atoms with Crippen molar-refractivity contribution in [1.82, 2.24) is 5.32 Å². The van der Waals surface area contributed by atoms with Gasteiger partial charge in [-0.1, -0.05) is 320 Å². The predicted octanol–water partition coefficient (Wildman–Crippen LogP) is 20.5. The molecule has 0 aromatic carbocycles. The van der Waals surface area contributed by atoms with Crippen LogP contribution in [0.1, 0.15) is 296 Å². The van der Waals surface area contributed by atoms with Gasteiger partial charge >= 0.3 is 0 Å². The molecule has 6 N–H and O–H groups in total. The molecule has 0 radical (unpaired) electrons. The smallest absolute Gasteiger partial charge is 0.220 e. The van der Waals surface area contributed by atoms with E-state index in [1.54, 1.807) is 6.08 Å². The summed E-state index contributed by atoms with van der Waals surface area (Å²) in [4.78, 5) is 13.1. The molecule has 9 heteroatoms. The minimum Gasteiger partial charge on any atom is -0.394 e. The van der Waals surface area contributed by atoms with E-state index in [0.717, 1.165) is 122 Å². The molecule has 0 aromatic heterocycles. The lowest BCUT2D eigenvalue weighted by molar-refractivity contribution is -0.302. The molecule has 0 aliphatic carbocycles. The van der Waals surface area contributed by atoms with Crippen molar-refractivity contribution in [2.24, 2.45) is 0 Å². The highest BCUT2D eigenvalue weighted by molar-refractivity contribution is 5.76. The maximum atomic E-state index is 13.1. The summed E-state index contributed by atoms with van der Waals surface area (Å²) >= 11 is 0. The van der Waals surface area contributed by atoms with Gasteiger partial charge in [0.15, 0.2) is 6.29 Å². The van der Waals surface area contributed by atoms with E-state index in [0.29, 0.717) is 6.42 Å². The number of carbonyl (C=O) groups excluding carboxylic acids is 1. The average Bonchev–Trinajstić information content (AvgIpc) is 2.28. The van der Waals surface area contributed by atoms with E-state index in [1.165, 1.54) is 154 Å². The van der Waals surface area contributed by atoms with Crippen molar-refractivity contribution >= 4 is 5.91 Å². The number of hydrogen-bond acceptors (Lipinski definition) is 8. The summed E-state index contributed by atoms with van der Waals surface area (Å²) in [7, 11) is 0. The molecule has 0 saturated carbocycles. The third-order valence-corrected chi connectivity index (χ3v) is 16.4. The highest BCUT2D eigenvalue weighted by atomic mass is 16.7. The van der Waals surface area contributed by atoms with E-state index in [4.69, 9.17) is 9.47 Å². The highest BCUT2D eigenvalue weighted by Gasteiger charge is 2.44. The van der Waals surface area contributed by atoms with Gasteiger partial charge < -0.3 is 40.3 Å². The molecule has 7 unspecified atom stereocenters. The van der Waals surface area contributed by atoms with Gasteiger partial charge in [-0.05, 0) is 116 Å². The molecule has 0 spiro atoms. The lowest BCUT2D eigenvalue weighted by atomic mass is 9.99. The van der Waals surface area contributed by atoms with Crippen molar-refractivity contribution in [3.05, 3.63) is 146 Å². The zero-order chi connectivity index (χ0) is 64.2. The maximum absolute atomic E-state index is 13.1. The van der Waals surface area contributed by atoms with Crippen LogP contribution in [0.3, 0.4) is 0 Å². The number of aliphatic hydroxyl groups excluding tert-OH is 5. The summed E-state index contributed by atoms with van der Waals surface area (Å²) in [5.74, 6) is -0.201. The number of allylic oxidation sites excluding steroid dienone is 23. The van der Waals surface area contributed by atoms with E-state index < -0.39 is 49.5 Å². The van der Waals surface area contributed by atoms with Crippen LogP contribution in [-0.4, -0.2) is 87.5 Å². The summed E-state index contributed by atoms with van der Waals surface area (Å²) in [5.41, 5.74) is 0. The number of unbranched alkanes of at least 4 members (excludes halogenated alkanes) is 30. The normalized spacial score (nSPS) is 18.8. The second-order valence-corrected chi connectivity index (χ2v) is 24.6. The number of aliphatic hydroxyl groups is 5. The lowest BCUT2D eigenvalue weighted by Gasteiger charge is -2.40. The molecule has 89 heavy (non-hydrogen) atoms. The second kappa shape index (κ2) is 67.0. The lowest BCUT2D eigenvalue weighted by Crippen LogP contribution is -2.60. The number of rotatable bonds is 62. The topological polar surface area (TPSA) is 149 Å². The van der Waals surface area contributed by atoms with Gasteiger partial charge in [-0.25, -0.2) is 0 Å². The van der Waals surface area contributed by atoms with Crippen LogP contribution < -0.4 is 5.32 Å². The summed E-state index contributed by atoms with van der Waals surface area (Å²) < 4.78 is 11.3. The van der Waals surface area contributed by atoms with E-state index in [9.17, 15) is 30.3 Å². The Balaban J connectivity index is 2.18. The first kappa shape index (κ1) is 83.1. The van der Waals surface area contributed by atoms with Crippen LogP contribution in [0.5, 0.6) is 0 Å². The predicted molar refractivity (Wildman–Crippen MR) is 382 cm³/mol. The van der Waals surface area contributed by atoms with Crippen molar-refractivity contribution in [2.45, 2.75) is 339 Å². The van der Waals surface area contributed by atoms with Crippen molar-refractivity contribution in [1.29, 1.82) is 0 Å². The largest absolute Gasteiger partial charge is 0.394 e. The minimum atomic E-state index is -1.59. The minimum absolute atomic E-state index is 0.201. The quantitative estimate of drug-likeness (QED) is 0.0261. The van der Waals surface area contributed by atoms with Gasteiger partial charge in [0.2, 0.25) is 5.91 Å². The maximum Gasteiger partial charge on any atom is 0.220 e. The molecule has 1 fully saturated rings. The van der Waals surface area contributed by atoms with Crippen molar-refractivity contribution in [3.63, 3.8) is 0 Å². The highest BCUT2D eigenvalue weighted by Crippen LogP contribution is 2.23. The molecule has 0 bridgehead atoms. The van der Waals surface area contributed by atoms with Crippen molar-refractivity contribution in [2.75, 3.05) is 13.2 Å². The molecule has 9 nitrogen and oxygen atoms in total. The first-order chi connectivity index (χ1) is 43.8. The Morgan fingerprint density at radius 2 is 0.708 bits per heavy atom. The Hall–Kier alpha value is -3.93. The number of ether oxygens (including phenoxy) is 2. The Bertz CT molecular complexity index is 1920. The molecule has 1 rings (SSSR count). The summed E-state index contributed by atoms with van der Waals surface area (Å²) in [6.45, 7) is 3.66. The number of hydrogen-bond donors (Lipinski definition) is 6. The van der Waals surface area contributed by atoms with Crippen LogP contribution in [0, 0.1) is 0 Å². The molecule has 508 valence electrons. The number of nitrogens with one attached hydrogen (secondary N) is 1. The first-order valence-electron chi connectivity index (χ1n) is 36.6.